The molecule has 3 nitrogen and oxygen atoms in total. The maximum Gasteiger partial charge on any atom is 0.234 e. The van der Waals surface area contributed by atoms with Crippen LogP contribution in [-0.2, 0) is 4.79 Å². The molecule has 18 heavy (non-hydrogen) atoms. The number of anilines is 1. The fourth-order valence-corrected chi connectivity index (χ4v) is 2.30. The van der Waals surface area contributed by atoms with Gasteiger partial charge in [-0.2, -0.15) is 11.8 Å². The van der Waals surface area contributed by atoms with Crippen LogP contribution in [0.3, 0.4) is 0 Å². The zero-order valence-electron chi connectivity index (χ0n) is 11.2. The van der Waals surface area contributed by atoms with Crippen LogP contribution in [-0.4, -0.2) is 29.1 Å². The maximum absolute atomic E-state index is 11.7. The summed E-state index contributed by atoms with van der Waals surface area (Å²) >= 11 is 1.55. The molecule has 1 amide bonds. The number of aryl methyl sites for hydroxylation is 2. The first-order valence-electron chi connectivity index (χ1n) is 6.08. The van der Waals surface area contributed by atoms with E-state index in [4.69, 9.17) is 5.11 Å². The minimum atomic E-state index is 0.00777. The summed E-state index contributed by atoms with van der Waals surface area (Å²) in [5, 5.41) is 11.8. The Morgan fingerprint density at radius 1 is 1.39 bits per heavy atom. The van der Waals surface area contributed by atoms with E-state index in [1.54, 1.807) is 11.8 Å². The van der Waals surface area contributed by atoms with Crippen molar-refractivity contribution in [3.05, 3.63) is 29.3 Å². The molecule has 0 bridgehead atoms. The third-order valence-electron chi connectivity index (χ3n) is 2.74. The van der Waals surface area contributed by atoms with Crippen LogP contribution in [0, 0.1) is 19.8 Å². The molecule has 2 N–H and O–H groups in total. The molecule has 0 saturated carbocycles. The van der Waals surface area contributed by atoms with Gasteiger partial charge in [0.2, 0.25) is 5.91 Å². The first-order chi connectivity index (χ1) is 8.52. The van der Waals surface area contributed by atoms with E-state index in [9.17, 15) is 4.79 Å². The number of amides is 1. The smallest absolute Gasteiger partial charge is 0.234 e. The van der Waals surface area contributed by atoms with Crippen LogP contribution >= 0.6 is 11.8 Å². The van der Waals surface area contributed by atoms with Gasteiger partial charge < -0.3 is 10.4 Å². The summed E-state index contributed by atoms with van der Waals surface area (Å²) < 4.78 is 0. The van der Waals surface area contributed by atoms with Crippen LogP contribution in [0.1, 0.15) is 18.1 Å². The molecule has 0 saturated heterocycles. The summed E-state index contributed by atoms with van der Waals surface area (Å²) in [6.45, 7) is 6.22. The van der Waals surface area contributed by atoms with Crippen LogP contribution in [0.15, 0.2) is 18.2 Å². The maximum atomic E-state index is 11.7. The number of carbonyl (C=O) groups is 1. The molecule has 1 unspecified atom stereocenters. The first-order valence-corrected chi connectivity index (χ1v) is 7.24. The number of nitrogens with one attached hydrogen (secondary N) is 1. The van der Waals surface area contributed by atoms with Crippen molar-refractivity contribution in [1.82, 2.24) is 0 Å². The van der Waals surface area contributed by atoms with Gasteiger partial charge in [-0.25, -0.2) is 0 Å². The second kappa shape index (κ2) is 7.44. The third-order valence-corrected chi connectivity index (χ3v) is 4.01. The Balaban J connectivity index is 2.38. The standard InChI is InChI=1S/C14H21NO2S/c1-10(7-16)8-18-9-14(17)15-13-5-4-11(2)12(3)6-13/h4-6,10,16H,7-9H2,1-3H3,(H,15,17). The largest absolute Gasteiger partial charge is 0.396 e. The number of rotatable bonds is 6. The van der Waals surface area contributed by atoms with Crippen molar-refractivity contribution in [2.45, 2.75) is 20.8 Å². The SMILES string of the molecule is Cc1ccc(NC(=O)CSCC(C)CO)cc1C. The minimum Gasteiger partial charge on any atom is -0.396 e. The third kappa shape index (κ3) is 5.10. The monoisotopic (exact) mass is 267 g/mol. The molecule has 0 aromatic heterocycles. The van der Waals surface area contributed by atoms with E-state index in [2.05, 4.69) is 5.32 Å². The average molecular weight is 267 g/mol. The molecular formula is C14H21NO2S. The molecule has 0 spiro atoms. The van der Waals surface area contributed by atoms with Gasteiger partial charge in [0.1, 0.15) is 0 Å². The molecule has 1 aromatic rings. The van der Waals surface area contributed by atoms with Crippen LogP contribution in [0.25, 0.3) is 0 Å². The highest BCUT2D eigenvalue weighted by Gasteiger charge is 2.05. The van der Waals surface area contributed by atoms with Gasteiger partial charge in [0.25, 0.3) is 0 Å². The molecule has 0 heterocycles. The highest BCUT2D eigenvalue weighted by Crippen LogP contribution is 2.15. The molecule has 0 radical (unpaired) electrons. The van der Waals surface area contributed by atoms with Crippen molar-refractivity contribution in [2.75, 3.05) is 23.4 Å². The Kier molecular flexibility index (Phi) is 6.22. The van der Waals surface area contributed by atoms with E-state index < -0.39 is 0 Å². The Morgan fingerprint density at radius 3 is 2.72 bits per heavy atom. The van der Waals surface area contributed by atoms with Crippen molar-refractivity contribution in [3.63, 3.8) is 0 Å². The van der Waals surface area contributed by atoms with Gasteiger partial charge in [0.05, 0.1) is 5.75 Å². The number of aliphatic hydroxyl groups is 1. The lowest BCUT2D eigenvalue weighted by Crippen LogP contribution is -2.15. The molecule has 1 rings (SSSR count). The van der Waals surface area contributed by atoms with Gasteiger partial charge >= 0.3 is 0 Å². The molecule has 4 heteroatoms. The number of thioether (sulfide) groups is 1. The fourth-order valence-electron chi connectivity index (χ4n) is 1.42. The summed E-state index contributed by atoms with van der Waals surface area (Å²) in [5.74, 6) is 1.48. The molecule has 1 aromatic carbocycles. The fraction of sp³-hybridized carbons (Fsp3) is 0.500. The topological polar surface area (TPSA) is 49.3 Å². The molecule has 0 aliphatic carbocycles. The quantitative estimate of drug-likeness (QED) is 0.833. The molecular weight excluding hydrogens is 246 g/mol. The second-order valence-corrected chi connectivity index (χ2v) is 5.68. The van der Waals surface area contributed by atoms with E-state index in [1.165, 1.54) is 11.1 Å². The summed E-state index contributed by atoms with van der Waals surface area (Å²) in [7, 11) is 0. The van der Waals surface area contributed by atoms with Gasteiger partial charge in [0, 0.05) is 12.3 Å². The van der Waals surface area contributed by atoms with Crippen molar-refractivity contribution in [3.8, 4) is 0 Å². The lowest BCUT2D eigenvalue weighted by Gasteiger charge is -2.09. The zero-order chi connectivity index (χ0) is 13.5. The summed E-state index contributed by atoms with van der Waals surface area (Å²) in [5.41, 5.74) is 3.24. The Hall–Kier alpha value is -1.00. The normalized spacial score (nSPS) is 12.2. The molecule has 0 fully saturated rings. The second-order valence-electron chi connectivity index (χ2n) is 4.65. The summed E-state index contributed by atoms with van der Waals surface area (Å²) in [6.07, 6.45) is 0. The Labute approximate surface area is 113 Å². The van der Waals surface area contributed by atoms with Crippen molar-refractivity contribution >= 4 is 23.4 Å². The molecule has 1 atom stereocenters. The predicted octanol–water partition coefficient (Wildman–Crippen LogP) is 2.60. The highest BCUT2D eigenvalue weighted by molar-refractivity contribution is 7.99. The van der Waals surface area contributed by atoms with Gasteiger partial charge in [-0.05, 0) is 48.8 Å². The highest BCUT2D eigenvalue weighted by atomic mass is 32.2. The number of aliphatic hydroxyl groups excluding tert-OH is 1. The van der Waals surface area contributed by atoms with Crippen LogP contribution in [0.2, 0.25) is 0 Å². The van der Waals surface area contributed by atoms with E-state index >= 15 is 0 Å². The molecule has 100 valence electrons. The van der Waals surface area contributed by atoms with Crippen molar-refractivity contribution in [1.29, 1.82) is 0 Å². The average Bonchev–Trinajstić information content (AvgIpc) is 2.33. The summed E-state index contributed by atoms with van der Waals surface area (Å²) in [4.78, 5) is 11.7. The molecule has 0 aliphatic heterocycles. The first kappa shape index (κ1) is 15.1. The Morgan fingerprint density at radius 2 is 2.11 bits per heavy atom. The summed E-state index contributed by atoms with van der Waals surface area (Å²) in [6, 6.07) is 5.90. The molecule has 0 aliphatic rings. The van der Waals surface area contributed by atoms with E-state index in [0.717, 1.165) is 11.4 Å². The van der Waals surface area contributed by atoms with E-state index in [1.807, 2.05) is 39.0 Å². The predicted molar refractivity (Wildman–Crippen MR) is 78.1 cm³/mol. The van der Waals surface area contributed by atoms with Crippen LogP contribution in [0.5, 0.6) is 0 Å². The van der Waals surface area contributed by atoms with Gasteiger partial charge in [-0.3, -0.25) is 4.79 Å². The zero-order valence-corrected chi connectivity index (χ0v) is 12.0. The van der Waals surface area contributed by atoms with Gasteiger partial charge in [0.15, 0.2) is 0 Å². The van der Waals surface area contributed by atoms with E-state index in [0.29, 0.717) is 5.75 Å². The number of benzene rings is 1. The lowest BCUT2D eigenvalue weighted by atomic mass is 10.1. The minimum absolute atomic E-state index is 0.00777. The lowest BCUT2D eigenvalue weighted by molar-refractivity contribution is -0.113. The Bertz CT molecular complexity index is 407. The van der Waals surface area contributed by atoms with Gasteiger partial charge in [-0.15, -0.1) is 0 Å². The van der Waals surface area contributed by atoms with Crippen LogP contribution in [0.4, 0.5) is 5.69 Å². The van der Waals surface area contributed by atoms with Crippen molar-refractivity contribution in [2.24, 2.45) is 5.92 Å². The van der Waals surface area contributed by atoms with Crippen LogP contribution < -0.4 is 5.32 Å². The van der Waals surface area contributed by atoms with Crippen molar-refractivity contribution < 1.29 is 9.90 Å². The number of hydrogen-bond donors (Lipinski definition) is 2. The van der Waals surface area contributed by atoms with Gasteiger partial charge in [-0.1, -0.05) is 13.0 Å². The number of carbonyl (C=O) groups excluding carboxylic acids is 1. The number of hydrogen-bond acceptors (Lipinski definition) is 3. The van der Waals surface area contributed by atoms with E-state index in [-0.39, 0.29) is 18.4 Å².